The van der Waals surface area contributed by atoms with E-state index in [-0.39, 0.29) is 42.9 Å². The zero-order chi connectivity index (χ0) is 27.1. The van der Waals surface area contributed by atoms with E-state index >= 15 is 0 Å². The van der Waals surface area contributed by atoms with E-state index in [1.165, 1.54) is 0 Å². The minimum atomic E-state index is -0.736. The topological polar surface area (TPSA) is 151 Å². The average molecular weight is 523 g/mol. The molecule has 0 unspecified atom stereocenters. The first-order valence-electron chi connectivity index (χ1n) is 13.0. The third-order valence-corrected chi connectivity index (χ3v) is 6.78. The molecule has 2 saturated heterocycles. The van der Waals surface area contributed by atoms with E-state index in [0.29, 0.717) is 37.3 Å². The van der Waals surface area contributed by atoms with Crippen LogP contribution in [0.15, 0.2) is 40.1 Å². The van der Waals surface area contributed by atoms with E-state index < -0.39 is 11.9 Å². The molecule has 1 atom stereocenters. The number of anilines is 1. The molecule has 4 rings (SSSR count). The van der Waals surface area contributed by atoms with Gasteiger partial charge in [0.1, 0.15) is 29.3 Å². The molecule has 0 spiro atoms. The predicted octanol–water partition coefficient (Wildman–Crippen LogP) is 1.59. The molecule has 0 bridgehead atoms. The van der Waals surface area contributed by atoms with Gasteiger partial charge < -0.3 is 35.3 Å². The van der Waals surface area contributed by atoms with Gasteiger partial charge in [0.05, 0.1) is 13.2 Å². The average Bonchev–Trinajstić information content (AvgIpc) is 3.53. The summed E-state index contributed by atoms with van der Waals surface area (Å²) in [5.41, 5.74) is 1.04. The summed E-state index contributed by atoms with van der Waals surface area (Å²) in [4.78, 5) is 42.4. The van der Waals surface area contributed by atoms with Gasteiger partial charge in [-0.25, -0.2) is 0 Å². The van der Waals surface area contributed by atoms with Crippen molar-refractivity contribution < 1.29 is 23.9 Å². The number of hydrogen-bond acceptors (Lipinski definition) is 8. The maximum absolute atomic E-state index is 13.5. The summed E-state index contributed by atoms with van der Waals surface area (Å²) in [5.74, 6) is -0.161. The van der Waals surface area contributed by atoms with Crippen molar-refractivity contribution in [2.45, 2.75) is 45.1 Å². The molecule has 0 saturated carbocycles. The van der Waals surface area contributed by atoms with Crippen LogP contribution >= 0.6 is 0 Å². The van der Waals surface area contributed by atoms with Gasteiger partial charge in [-0.05, 0) is 63.3 Å². The zero-order valence-electron chi connectivity index (χ0n) is 21.6. The number of rotatable bonds is 9. The molecule has 11 nitrogen and oxygen atoms in total. The number of hydrogen-bond donors (Lipinski definition) is 4. The summed E-state index contributed by atoms with van der Waals surface area (Å²) in [7, 11) is 0. The number of amides is 3. The Bertz CT molecular complexity index is 1260. The molecular weight excluding hydrogens is 488 g/mol. The van der Waals surface area contributed by atoms with Crippen molar-refractivity contribution in [1.82, 2.24) is 20.4 Å². The van der Waals surface area contributed by atoms with Crippen LogP contribution in [0.4, 0.5) is 5.69 Å². The third kappa shape index (κ3) is 6.44. The highest BCUT2D eigenvalue weighted by atomic mass is 16.3. The number of carbonyl (C=O) groups is 3. The van der Waals surface area contributed by atoms with Crippen LogP contribution in [-0.4, -0.2) is 78.0 Å². The van der Waals surface area contributed by atoms with E-state index in [1.54, 1.807) is 21.9 Å². The van der Waals surface area contributed by atoms with Crippen molar-refractivity contribution in [3.8, 4) is 6.07 Å². The number of likely N-dealkylation sites (tertiary alicyclic amines) is 2. The van der Waals surface area contributed by atoms with Crippen LogP contribution < -0.4 is 16.0 Å². The van der Waals surface area contributed by atoms with Gasteiger partial charge in [0.2, 0.25) is 11.8 Å². The number of aliphatic hydroxyl groups is 1. The minimum Gasteiger partial charge on any atom is -0.461 e. The van der Waals surface area contributed by atoms with Crippen LogP contribution in [0.25, 0.3) is 11.0 Å². The number of furan rings is 1. The second-order valence-corrected chi connectivity index (χ2v) is 9.62. The molecule has 4 N–H and O–H groups in total. The summed E-state index contributed by atoms with van der Waals surface area (Å²) < 4.78 is 5.63. The number of aliphatic hydroxyl groups excluding tert-OH is 1. The first-order valence-corrected chi connectivity index (χ1v) is 13.0. The molecule has 38 heavy (non-hydrogen) atoms. The van der Waals surface area contributed by atoms with Gasteiger partial charge in [0.15, 0.2) is 5.57 Å². The van der Waals surface area contributed by atoms with E-state index in [4.69, 9.17) is 9.52 Å². The number of nitrogens with one attached hydrogen (secondary N) is 3. The first-order chi connectivity index (χ1) is 18.4. The highest BCUT2D eigenvalue weighted by Gasteiger charge is 2.31. The van der Waals surface area contributed by atoms with Crippen molar-refractivity contribution >= 4 is 34.4 Å². The second-order valence-electron chi connectivity index (χ2n) is 9.62. The SMILES string of the molecule is Cc1cc2cc(N/C(N[C@H]3CCCCN(CC(=O)N4CCCC4)C3=O)=C(\C#N)C(=O)NCCO)ccc2o1. The van der Waals surface area contributed by atoms with Gasteiger partial charge in [-0.1, -0.05) is 0 Å². The predicted molar refractivity (Wildman–Crippen MR) is 140 cm³/mol. The van der Waals surface area contributed by atoms with Crippen LogP contribution in [0.1, 0.15) is 37.9 Å². The molecule has 3 amide bonds. The fraction of sp³-hybridized carbons (Fsp3) is 0.481. The fourth-order valence-electron chi connectivity index (χ4n) is 4.85. The standard InChI is InChI=1S/C27H34N6O5/c1-18-14-19-15-20(7-8-23(19)38-18)30-25(21(16-28)26(36)29-9-13-34)31-22-6-2-3-12-33(27(22)37)17-24(35)32-10-4-5-11-32/h7-8,14-15,22,30-31,34H,2-6,9-13,17H2,1H3,(H,29,36)/b25-21-/t22-/m0/s1. The quantitative estimate of drug-likeness (QED) is 0.286. The van der Waals surface area contributed by atoms with Crippen molar-refractivity contribution in [3.05, 3.63) is 41.4 Å². The molecule has 2 fully saturated rings. The molecule has 1 aromatic carbocycles. The monoisotopic (exact) mass is 522 g/mol. The smallest absolute Gasteiger partial charge is 0.265 e. The Hall–Kier alpha value is -4.04. The van der Waals surface area contributed by atoms with Crippen LogP contribution in [0.3, 0.4) is 0 Å². The van der Waals surface area contributed by atoms with Crippen molar-refractivity contribution in [2.75, 3.05) is 44.6 Å². The van der Waals surface area contributed by atoms with Gasteiger partial charge in [-0.15, -0.1) is 0 Å². The molecule has 202 valence electrons. The molecule has 0 radical (unpaired) electrons. The summed E-state index contributed by atoms with van der Waals surface area (Å²) >= 11 is 0. The van der Waals surface area contributed by atoms with Gasteiger partial charge >= 0.3 is 0 Å². The minimum absolute atomic E-state index is 0.0160. The lowest BCUT2D eigenvalue weighted by Crippen LogP contribution is -2.49. The van der Waals surface area contributed by atoms with Crippen molar-refractivity contribution in [2.24, 2.45) is 0 Å². The number of carbonyl (C=O) groups excluding carboxylic acids is 3. The Kier molecular flexibility index (Phi) is 8.86. The summed E-state index contributed by atoms with van der Waals surface area (Å²) in [6.07, 6.45) is 3.92. The summed E-state index contributed by atoms with van der Waals surface area (Å²) in [5, 5.41) is 28.6. The number of aryl methyl sites for hydroxylation is 1. The Balaban J connectivity index is 1.59. The molecule has 3 heterocycles. The lowest BCUT2D eigenvalue weighted by Gasteiger charge is -2.28. The van der Waals surface area contributed by atoms with Crippen LogP contribution in [0, 0.1) is 18.3 Å². The van der Waals surface area contributed by atoms with Crippen LogP contribution in [0.5, 0.6) is 0 Å². The lowest BCUT2D eigenvalue weighted by molar-refractivity contribution is -0.140. The number of fused-ring (bicyclic) bond motifs is 1. The Morgan fingerprint density at radius 2 is 1.92 bits per heavy atom. The maximum atomic E-state index is 13.5. The first kappa shape index (κ1) is 27.0. The molecule has 1 aromatic heterocycles. The summed E-state index contributed by atoms with van der Waals surface area (Å²) in [6.45, 7) is 3.47. The van der Waals surface area contributed by atoms with E-state index in [2.05, 4.69) is 16.0 Å². The van der Waals surface area contributed by atoms with E-state index in [1.807, 2.05) is 25.1 Å². The molecule has 2 aromatic rings. The largest absolute Gasteiger partial charge is 0.461 e. The lowest BCUT2D eigenvalue weighted by atomic mass is 10.1. The number of nitriles is 1. The normalized spacial score (nSPS) is 18.6. The zero-order valence-corrected chi connectivity index (χ0v) is 21.6. The Labute approximate surface area is 221 Å². The molecule has 0 aliphatic carbocycles. The molecule has 2 aliphatic rings. The Morgan fingerprint density at radius 3 is 2.66 bits per heavy atom. The summed E-state index contributed by atoms with van der Waals surface area (Å²) in [6, 6.07) is 8.43. The van der Waals surface area contributed by atoms with Crippen LogP contribution in [-0.2, 0) is 14.4 Å². The van der Waals surface area contributed by atoms with E-state index in [9.17, 15) is 19.6 Å². The maximum Gasteiger partial charge on any atom is 0.265 e. The van der Waals surface area contributed by atoms with Crippen molar-refractivity contribution in [1.29, 1.82) is 5.26 Å². The van der Waals surface area contributed by atoms with Gasteiger partial charge in [0, 0.05) is 37.3 Å². The highest BCUT2D eigenvalue weighted by Crippen LogP contribution is 2.24. The van der Waals surface area contributed by atoms with Gasteiger partial charge in [-0.3, -0.25) is 14.4 Å². The second kappa shape index (κ2) is 12.5. The molecule has 2 aliphatic heterocycles. The van der Waals surface area contributed by atoms with Crippen molar-refractivity contribution in [3.63, 3.8) is 0 Å². The molecule has 11 heteroatoms. The molecular formula is C27H34N6O5. The van der Waals surface area contributed by atoms with E-state index in [0.717, 1.165) is 36.8 Å². The Morgan fingerprint density at radius 1 is 1.16 bits per heavy atom. The highest BCUT2D eigenvalue weighted by molar-refractivity contribution is 5.99. The fourth-order valence-corrected chi connectivity index (χ4v) is 4.85. The van der Waals surface area contributed by atoms with Gasteiger partial charge in [-0.2, -0.15) is 5.26 Å². The number of nitrogens with zero attached hydrogens (tertiary/aromatic N) is 3. The number of benzene rings is 1. The van der Waals surface area contributed by atoms with Crippen LogP contribution in [0.2, 0.25) is 0 Å². The third-order valence-electron chi connectivity index (χ3n) is 6.78. The van der Waals surface area contributed by atoms with Gasteiger partial charge in [0.25, 0.3) is 5.91 Å².